The molecule has 4 N–H and O–H groups in total. The van der Waals surface area contributed by atoms with Gasteiger partial charge in [0.1, 0.15) is 12.2 Å². The molecular weight excluding hydrogens is 364 g/mol. The molecule has 0 saturated carbocycles. The molecule has 0 spiro atoms. The summed E-state index contributed by atoms with van der Waals surface area (Å²) in [6.07, 6.45) is -3.35. The van der Waals surface area contributed by atoms with E-state index in [9.17, 15) is 25.2 Å². The second-order valence-corrected chi connectivity index (χ2v) is 6.50. The molecule has 0 aromatic heterocycles. The molecule has 4 atom stereocenters. The molecule has 3 rings (SSSR count). The molecule has 1 heterocycles. The summed E-state index contributed by atoms with van der Waals surface area (Å²) in [5.41, 5.74) is 2.54. The number of hydrogen-bond acceptors (Lipinski definition) is 6. The number of carbonyl (C=O) groups is 1. The minimum atomic E-state index is -1.30. The Morgan fingerprint density at radius 2 is 1.82 bits per heavy atom. The van der Waals surface area contributed by atoms with Crippen LogP contribution < -0.4 is 0 Å². The quantitative estimate of drug-likeness (QED) is 0.440. The van der Waals surface area contributed by atoms with Gasteiger partial charge in [-0.15, -0.1) is 0 Å². The van der Waals surface area contributed by atoms with E-state index in [4.69, 9.17) is 9.47 Å². The van der Waals surface area contributed by atoms with Gasteiger partial charge in [-0.05, 0) is 28.8 Å². The summed E-state index contributed by atoms with van der Waals surface area (Å²) < 4.78 is 10.8. The SMILES string of the molecule is O=C(O)/C(=C/c1cccc(-c2ccccc2)c1)OC1CC(O)[C@H](O)C(CO)O1. The van der Waals surface area contributed by atoms with Crippen LogP contribution in [0.15, 0.2) is 60.4 Å². The highest BCUT2D eigenvalue weighted by Gasteiger charge is 2.38. The van der Waals surface area contributed by atoms with E-state index in [1.807, 2.05) is 48.5 Å². The number of aliphatic hydroxyl groups is 3. The highest BCUT2D eigenvalue weighted by atomic mass is 16.7. The largest absolute Gasteiger partial charge is 0.475 e. The Hall–Kier alpha value is -2.71. The van der Waals surface area contributed by atoms with Gasteiger partial charge in [-0.2, -0.15) is 0 Å². The predicted octanol–water partition coefficient (Wildman–Crippen LogP) is 1.62. The molecule has 7 nitrogen and oxygen atoms in total. The van der Waals surface area contributed by atoms with Crippen molar-refractivity contribution < 1.29 is 34.7 Å². The third-order valence-electron chi connectivity index (χ3n) is 4.48. The zero-order valence-electron chi connectivity index (χ0n) is 15.0. The lowest BCUT2D eigenvalue weighted by Gasteiger charge is -2.36. The maximum absolute atomic E-state index is 11.6. The van der Waals surface area contributed by atoms with Crippen molar-refractivity contribution in [1.29, 1.82) is 0 Å². The van der Waals surface area contributed by atoms with Crippen LogP contribution in [0.1, 0.15) is 12.0 Å². The number of carboxylic acids is 1. The van der Waals surface area contributed by atoms with Gasteiger partial charge < -0.3 is 29.9 Å². The molecule has 3 unspecified atom stereocenters. The van der Waals surface area contributed by atoms with E-state index in [1.165, 1.54) is 6.08 Å². The molecule has 0 amide bonds. The second kappa shape index (κ2) is 8.99. The number of ether oxygens (including phenoxy) is 2. The summed E-state index contributed by atoms with van der Waals surface area (Å²) in [6, 6.07) is 17.0. The molecule has 0 radical (unpaired) electrons. The summed E-state index contributed by atoms with van der Waals surface area (Å²) in [5, 5.41) is 38.3. The Morgan fingerprint density at radius 3 is 2.50 bits per heavy atom. The highest BCUT2D eigenvalue weighted by molar-refractivity contribution is 5.90. The van der Waals surface area contributed by atoms with Crippen molar-refractivity contribution in [2.45, 2.75) is 31.0 Å². The predicted molar refractivity (Wildman–Crippen MR) is 101 cm³/mol. The average Bonchev–Trinajstić information content (AvgIpc) is 2.71. The van der Waals surface area contributed by atoms with E-state index in [0.29, 0.717) is 5.56 Å². The number of hydrogen-bond donors (Lipinski definition) is 4. The van der Waals surface area contributed by atoms with Crippen molar-refractivity contribution in [2.75, 3.05) is 6.61 Å². The fourth-order valence-corrected chi connectivity index (χ4v) is 3.02. The minimum Gasteiger partial charge on any atom is -0.475 e. The van der Waals surface area contributed by atoms with Crippen molar-refractivity contribution in [3.63, 3.8) is 0 Å². The van der Waals surface area contributed by atoms with Crippen molar-refractivity contribution in [3.05, 3.63) is 65.9 Å². The fraction of sp³-hybridized carbons (Fsp3) is 0.286. The Bertz CT molecular complexity index is 834. The topological polar surface area (TPSA) is 116 Å². The number of aliphatic hydroxyl groups excluding tert-OH is 3. The van der Waals surface area contributed by atoms with Crippen LogP contribution in [0.25, 0.3) is 17.2 Å². The molecule has 1 aliphatic heterocycles. The van der Waals surface area contributed by atoms with Crippen LogP contribution in [0.2, 0.25) is 0 Å². The van der Waals surface area contributed by atoms with Gasteiger partial charge in [0.2, 0.25) is 12.0 Å². The first-order chi connectivity index (χ1) is 13.5. The van der Waals surface area contributed by atoms with Gasteiger partial charge in [-0.3, -0.25) is 0 Å². The maximum atomic E-state index is 11.6. The van der Waals surface area contributed by atoms with Crippen LogP contribution in [0, 0.1) is 0 Å². The third kappa shape index (κ3) is 4.76. The van der Waals surface area contributed by atoms with Gasteiger partial charge >= 0.3 is 5.97 Å². The first kappa shape index (κ1) is 20.0. The molecule has 1 saturated heterocycles. The smallest absolute Gasteiger partial charge is 0.371 e. The van der Waals surface area contributed by atoms with Crippen molar-refractivity contribution in [2.24, 2.45) is 0 Å². The highest BCUT2D eigenvalue weighted by Crippen LogP contribution is 2.25. The Labute approximate surface area is 162 Å². The standard InChI is InChI=1S/C21H22O7/c22-12-18-20(24)16(23)11-19(28-18)27-17(21(25)26)10-13-5-4-8-15(9-13)14-6-2-1-3-7-14/h1-10,16,18-20,22-24H,11-12H2,(H,25,26)/b17-10-/t16?,18?,19?,20-/m0/s1. The van der Waals surface area contributed by atoms with Gasteiger partial charge in [0, 0.05) is 6.42 Å². The van der Waals surface area contributed by atoms with Crippen LogP contribution >= 0.6 is 0 Å². The van der Waals surface area contributed by atoms with Gasteiger partial charge in [0.25, 0.3) is 0 Å². The summed E-state index contributed by atoms with van der Waals surface area (Å²) in [6.45, 7) is -0.524. The molecule has 148 valence electrons. The Kier molecular flexibility index (Phi) is 6.43. The normalized spacial score (nSPS) is 25.3. The lowest BCUT2D eigenvalue weighted by molar-refractivity contribution is -0.246. The zero-order valence-corrected chi connectivity index (χ0v) is 15.0. The van der Waals surface area contributed by atoms with Crippen LogP contribution in [0.4, 0.5) is 0 Å². The second-order valence-electron chi connectivity index (χ2n) is 6.50. The van der Waals surface area contributed by atoms with Gasteiger partial charge in [0.05, 0.1) is 12.7 Å². The monoisotopic (exact) mass is 386 g/mol. The minimum absolute atomic E-state index is 0.119. The summed E-state index contributed by atoms with van der Waals surface area (Å²) >= 11 is 0. The third-order valence-corrected chi connectivity index (χ3v) is 4.48. The Balaban J connectivity index is 1.81. The van der Waals surface area contributed by atoms with Crippen LogP contribution in [-0.4, -0.2) is 57.6 Å². The summed E-state index contributed by atoms with van der Waals surface area (Å²) in [7, 11) is 0. The van der Waals surface area contributed by atoms with E-state index in [-0.39, 0.29) is 12.2 Å². The molecule has 7 heteroatoms. The van der Waals surface area contributed by atoms with Crippen molar-refractivity contribution in [3.8, 4) is 11.1 Å². The average molecular weight is 386 g/mol. The van der Waals surface area contributed by atoms with Gasteiger partial charge in [0.15, 0.2) is 0 Å². The van der Waals surface area contributed by atoms with Gasteiger partial charge in [-0.25, -0.2) is 4.79 Å². The molecule has 1 fully saturated rings. The van der Waals surface area contributed by atoms with Crippen LogP contribution in [0.5, 0.6) is 0 Å². The molecule has 28 heavy (non-hydrogen) atoms. The molecular formula is C21H22O7. The van der Waals surface area contributed by atoms with E-state index in [2.05, 4.69) is 0 Å². The van der Waals surface area contributed by atoms with E-state index >= 15 is 0 Å². The van der Waals surface area contributed by atoms with E-state index < -0.39 is 37.2 Å². The zero-order chi connectivity index (χ0) is 20.1. The van der Waals surface area contributed by atoms with Crippen LogP contribution in [-0.2, 0) is 14.3 Å². The Morgan fingerprint density at radius 1 is 1.11 bits per heavy atom. The van der Waals surface area contributed by atoms with Crippen LogP contribution in [0.3, 0.4) is 0 Å². The maximum Gasteiger partial charge on any atom is 0.371 e. The first-order valence-electron chi connectivity index (χ1n) is 8.87. The molecule has 0 bridgehead atoms. The molecule has 2 aromatic rings. The van der Waals surface area contributed by atoms with E-state index in [0.717, 1.165) is 11.1 Å². The number of carboxylic acid groups (broad SMARTS) is 1. The number of rotatable bonds is 6. The lowest BCUT2D eigenvalue weighted by atomic mass is 10.0. The lowest BCUT2D eigenvalue weighted by Crippen LogP contribution is -2.50. The fourth-order valence-electron chi connectivity index (χ4n) is 3.02. The van der Waals surface area contributed by atoms with Crippen molar-refractivity contribution >= 4 is 12.0 Å². The number of aliphatic carboxylic acids is 1. The summed E-state index contributed by atoms with van der Waals surface area (Å²) in [5.74, 6) is -1.66. The molecule has 1 aliphatic rings. The molecule has 0 aliphatic carbocycles. The molecule has 2 aromatic carbocycles. The first-order valence-corrected chi connectivity index (χ1v) is 8.87. The number of benzene rings is 2. The van der Waals surface area contributed by atoms with E-state index in [1.54, 1.807) is 6.07 Å². The summed E-state index contributed by atoms with van der Waals surface area (Å²) in [4.78, 5) is 11.6. The van der Waals surface area contributed by atoms with Crippen molar-refractivity contribution in [1.82, 2.24) is 0 Å². The van der Waals surface area contributed by atoms with Gasteiger partial charge in [-0.1, -0.05) is 48.5 Å².